The number of benzene rings is 1. The number of likely N-dealkylation sites (tertiary alicyclic amines) is 1. The van der Waals surface area contributed by atoms with Gasteiger partial charge in [-0.2, -0.15) is 0 Å². The van der Waals surface area contributed by atoms with Crippen LogP contribution in [0, 0.1) is 0 Å². The molecule has 138 valence electrons. The number of aliphatic hydroxyl groups is 1. The van der Waals surface area contributed by atoms with Crippen LogP contribution in [0.1, 0.15) is 22.9 Å². The van der Waals surface area contributed by atoms with Crippen LogP contribution in [0.15, 0.2) is 84.8 Å². The Morgan fingerprint density at radius 1 is 0.964 bits per heavy atom. The lowest BCUT2D eigenvalue weighted by Crippen LogP contribution is -2.29. The number of hydrogen-bond acceptors (Lipinski definition) is 5. The van der Waals surface area contributed by atoms with Crippen LogP contribution >= 0.6 is 0 Å². The van der Waals surface area contributed by atoms with Gasteiger partial charge in [0.15, 0.2) is 0 Å². The summed E-state index contributed by atoms with van der Waals surface area (Å²) < 4.78 is 0. The second kappa shape index (κ2) is 7.44. The van der Waals surface area contributed by atoms with Gasteiger partial charge in [-0.25, -0.2) is 0 Å². The smallest absolute Gasteiger partial charge is 0.296 e. The Hall–Kier alpha value is -3.80. The number of carbonyl (C=O) groups is 2. The van der Waals surface area contributed by atoms with E-state index in [9.17, 15) is 14.7 Å². The zero-order chi connectivity index (χ0) is 19.5. The number of hydrogen-bond donors (Lipinski definition) is 1. The zero-order valence-corrected chi connectivity index (χ0v) is 14.9. The van der Waals surface area contributed by atoms with Gasteiger partial charge in [0, 0.05) is 30.7 Å². The van der Waals surface area contributed by atoms with Crippen molar-refractivity contribution in [3.05, 3.63) is 102 Å². The van der Waals surface area contributed by atoms with Gasteiger partial charge in [-0.15, -0.1) is 0 Å². The highest BCUT2D eigenvalue weighted by atomic mass is 16.3. The van der Waals surface area contributed by atoms with Crippen LogP contribution in [0.25, 0.3) is 5.76 Å². The maximum Gasteiger partial charge on any atom is 0.296 e. The summed E-state index contributed by atoms with van der Waals surface area (Å²) in [6.45, 7) is 0.186. The van der Waals surface area contributed by atoms with E-state index >= 15 is 0 Å². The monoisotopic (exact) mass is 371 g/mol. The molecule has 6 heteroatoms. The minimum absolute atomic E-state index is 0.0405. The fourth-order valence-electron chi connectivity index (χ4n) is 3.33. The van der Waals surface area contributed by atoms with Crippen LogP contribution < -0.4 is 0 Å². The standard InChI is InChI=1S/C22H17N3O3/c26-20(16-8-2-1-3-9-16)18-19(17-10-4-5-12-24-17)25(22(28)21(18)27)14-15-7-6-11-23-13-15/h1-13,19,26H,14H2/t19-/m1/s1. The number of nitrogens with zero attached hydrogens (tertiary/aromatic N) is 3. The van der Waals surface area contributed by atoms with Gasteiger partial charge in [-0.3, -0.25) is 19.6 Å². The van der Waals surface area contributed by atoms with E-state index in [1.807, 2.05) is 12.1 Å². The number of ketones is 1. The average molecular weight is 371 g/mol. The highest BCUT2D eigenvalue weighted by Gasteiger charge is 2.46. The van der Waals surface area contributed by atoms with Gasteiger partial charge in [0.05, 0.1) is 11.3 Å². The number of aliphatic hydroxyl groups excluding tert-OH is 1. The maximum atomic E-state index is 12.9. The molecule has 1 atom stereocenters. The molecule has 0 aliphatic carbocycles. The first-order chi connectivity index (χ1) is 13.7. The van der Waals surface area contributed by atoms with E-state index in [1.54, 1.807) is 67.1 Å². The van der Waals surface area contributed by atoms with Crippen molar-refractivity contribution in [2.45, 2.75) is 12.6 Å². The van der Waals surface area contributed by atoms with E-state index in [2.05, 4.69) is 9.97 Å². The minimum Gasteiger partial charge on any atom is -0.507 e. The van der Waals surface area contributed by atoms with E-state index in [0.29, 0.717) is 11.3 Å². The van der Waals surface area contributed by atoms with Crippen LogP contribution in [-0.4, -0.2) is 31.7 Å². The predicted molar refractivity (Wildman–Crippen MR) is 103 cm³/mol. The van der Waals surface area contributed by atoms with E-state index in [-0.39, 0.29) is 17.9 Å². The predicted octanol–water partition coefficient (Wildman–Crippen LogP) is 3.10. The number of Topliss-reactive ketones (excluding diaryl/α,β-unsaturated/α-hetero) is 1. The van der Waals surface area contributed by atoms with Crippen molar-refractivity contribution in [3.8, 4) is 0 Å². The molecule has 28 heavy (non-hydrogen) atoms. The summed E-state index contributed by atoms with van der Waals surface area (Å²) in [5, 5.41) is 10.9. The lowest BCUT2D eigenvalue weighted by Gasteiger charge is -2.24. The van der Waals surface area contributed by atoms with Crippen molar-refractivity contribution in [1.82, 2.24) is 14.9 Å². The Bertz CT molecular complexity index is 1030. The molecule has 1 aromatic carbocycles. The second-order valence-electron chi connectivity index (χ2n) is 6.41. The summed E-state index contributed by atoms with van der Waals surface area (Å²) in [5.74, 6) is -1.60. The molecule has 1 fully saturated rings. The number of carbonyl (C=O) groups excluding carboxylic acids is 2. The van der Waals surface area contributed by atoms with Crippen LogP contribution in [0.5, 0.6) is 0 Å². The lowest BCUT2D eigenvalue weighted by molar-refractivity contribution is -0.140. The summed E-state index contributed by atoms with van der Waals surface area (Å²) in [4.78, 5) is 35.5. The summed E-state index contributed by atoms with van der Waals surface area (Å²) in [6, 6.07) is 16.8. The van der Waals surface area contributed by atoms with Gasteiger partial charge >= 0.3 is 0 Å². The molecular formula is C22H17N3O3. The van der Waals surface area contributed by atoms with Crippen molar-refractivity contribution in [2.75, 3.05) is 0 Å². The maximum absolute atomic E-state index is 12.9. The van der Waals surface area contributed by atoms with Gasteiger partial charge in [0.25, 0.3) is 11.7 Å². The molecule has 2 aromatic heterocycles. The van der Waals surface area contributed by atoms with Crippen molar-refractivity contribution in [3.63, 3.8) is 0 Å². The molecule has 0 bridgehead atoms. The number of rotatable bonds is 4. The van der Waals surface area contributed by atoms with E-state index < -0.39 is 17.7 Å². The van der Waals surface area contributed by atoms with Gasteiger partial charge < -0.3 is 10.0 Å². The molecule has 1 aliphatic heterocycles. The summed E-state index contributed by atoms with van der Waals surface area (Å²) in [5.41, 5.74) is 1.81. The van der Waals surface area contributed by atoms with Gasteiger partial charge in [-0.05, 0) is 23.8 Å². The quantitative estimate of drug-likeness (QED) is 0.433. The van der Waals surface area contributed by atoms with Crippen LogP contribution in [-0.2, 0) is 16.1 Å². The summed E-state index contributed by atoms with van der Waals surface area (Å²) >= 11 is 0. The molecule has 1 saturated heterocycles. The lowest BCUT2D eigenvalue weighted by atomic mass is 9.98. The first-order valence-corrected chi connectivity index (χ1v) is 8.80. The number of aromatic nitrogens is 2. The van der Waals surface area contributed by atoms with E-state index in [0.717, 1.165) is 5.56 Å². The zero-order valence-electron chi connectivity index (χ0n) is 14.9. The molecule has 6 nitrogen and oxygen atoms in total. The first kappa shape index (κ1) is 17.6. The van der Waals surface area contributed by atoms with Gasteiger partial charge in [-0.1, -0.05) is 42.5 Å². The Morgan fingerprint density at radius 2 is 1.75 bits per heavy atom. The third-order valence-corrected chi connectivity index (χ3v) is 4.63. The second-order valence-corrected chi connectivity index (χ2v) is 6.41. The largest absolute Gasteiger partial charge is 0.507 e. The van der Waals surface area contributed by atoms with Gasteiger partial charge in [0.2, 0.25) is 0 Å². The average Bonchev–Trinajstić information content (AvgIpc) is 3.00. The molecule has 0 spiro atoms. The molecule has 1 N–H and O–H groups in total. The molecule has 0 unspecified atom stereocenters. The highest BCUT2D eigenvalue weighted by Crippen LogP contribution is 2.39. The molecule has 0 radical (unpaired) electrons. The topological polar surface area (TPSA) is 83.4 Å². The fraction of sp³-hybridized carbons (Fsp3) is 0.0909. The Balaban J connectivity index is 1.85. The molecule has 4 rings (SSSR count). The number of pyridine rings is 2. The summed E-state index contributed by atoms with van der Waals surface area (Å²) in [6.07, 6.45) is 4.89. The summed E-state index contributed by atoms with van der Waals surface area (Å²) in [7, 11) is 0. The molecule has 0 saturated carbocycles. The first-order valence-electron chi connectivity index (χ1n) is 8.80. The van der Waals surface area contributed by atoms with Crippen LogP contribution in [0.2, 0.25) is 0 Å². The van der Waals surface area contributed by atoms with Crippen molar-refractivity contribution < 1.29 is 14.7 Å². The molecular weight excluding hydrogens is 354 g/mol. The third-order valence-electron chi connectivity index (χ3n) is 4.63. The van der Waals surface area contributed by atoms with Crippen LogP contribution in [0.3, 0.4) is 0 Å². The highest BCUT2D eigenvalue weighted by molar-refractivity contribution is 6.46. The Morgan fingerprint density at radius 3 is 2.43 bits per heavy atom. The Kier molecular flexibility index (Phi) is 4.68. The molecule has 3 aromatic rings. The van der Waals surface area contributed by atoms with Gasteiger partial charge in [0.1, 0.15) is 11.8 Å². The van der Waals surface area contributed by atoms with Crippen LogP contribution in [0.4, 0.5) is 0 Å². The van der Waals surface area contributed by atoms with Crippen molar-refractivity contribution in [2.24, 2.45) is 0 Å². The number of amides is 1. The fourth-order valence-corrected chi connectivity index (χ4v) is 3.33. The SMILES string of the molecule is O=C1C(=O)N(Cc2cccnc2)[C@H](c2ccccn2)C1=C(O)c1ccccc1. The Labute approximate surface area is 161 Å². The van der Waals surface area contributed by atoms with Crippen molar-refractivity contribution >= 4 is 17.4 Å². The van der Waals surface area contributed by atoms with E-state index in [4.69, 9.17) is 0 Å². The molecule has 1 aliphatic rings. The minimum atomic E-state index is -0.776. The third kappa shape index (κ3) is 3.16. The van der Waals surface area contributed by atoms with E-state index in [1.165, 1.54) is 4.90 Å². The normalized spacial score (nSPS) is 18.4. The van der Waals surface area contributed by atoms with Crippen molar-refractivity contribution in [1.29, 1.82) is 0 Å². The molecule has 1 amide bonds. The molecule has 3 heterocycles.